The van der Waals surface area contributed by atoms with E-state index < -0.39 is 0 Å². The zero-order valence-electron chi connectivity index (χ0n) is 10.4. The number of carbonyl (C=O) groups excluding carboxylic acids is 1. The largest absolute Gasteiger partial charge is 0.482 e. The van der Waals surface area contributed by atoms with Gasteiger partial charge < -0.3 is 4.74 Å². The molecule has 0 saturated carbocycles. The van der Waals surface area contributed by atoms with Crippen LogP contribution in [0.4, 0.5) is 0 Å². The Balaban J connectivity index is 2.09. The Bertz CT molecular complexity index is 506. The van der Waals surface area contributed by atoms with Gasteiger partial charge in [-0.1, -0.05) is 24.8 Å². The maximum absolute atomic E-state index is 11.2. The lowest BCUT2D eigenvalue weighted by molar-refractivity contribution is 0.101. The molecule has 2 rings (SSSR count). The van der Waals surface area contributed by atoms with Crippen molar-refractivity contribution in [2.75, 3.05) is 0 Å². The van der Waals surface area contributed by atoms with Crippen LogP contribution in [0.5, 0.6) is 5.75 Å². The van der Waals surface area contributed by atoms with Gasteiger partial charge in [0.15, 0.2) is 5.78 Å². The van der Waals surface area contributed by atoms with Crippen LogP contribution in [0.3, 0.4) is 0 Å². The molecule has 1 aliphatic carbocycles. The molecule has 2 heteroatoms. The van der Waals surface area contributed by atoms with E-state index in [-0.39, 0.29) is 11.9 Å². The normalized spacial score (nSPS) is 18.5. The van der Waals surface area contributed by atoms with Crippen molar-refractivity contribution in [3.05, 3.63) is 66.3 Å². The molecule has 0 saturated heterocycles. The lowest BCUT2D eigenvalue weighted by atomic mass is 10.1. The van der Waals surface area contributed by atoms with E-state index in [1.807, 2.05) is 30.4 Å². The van der Waals surface area contributed by atoms with E-state index in [4.69, 9.17) is 4.74 Å². The first-order valence-corrected chi connectivity index (χ1v) is 5.95. The van der Waals surface area contributed by atoms with Crippen LogP contribution in [0.1, 0.15) is 23.7 Å². The first-order valence-electron chi connectivity index (χ1n) is 5.95. The van der Waals surface area contributed by atoms with Crippen LogP contribution in [0.2, 0.25) is 0 Å². The van der Waals surface area contributed by atoms with Crippen LogP contribution in [-0.4, -0.2) is 11.9 Å². The molecular formula is C16H16O2. The summed E-state index contributed by atoms with van der Waals surface area (Å²) in [5.41, 5.74) is 1.72. The molecule has 0 aromatic heterocycles. The predicted molar refractivity (Wildman–Crippen MR) is 72.9 cm³/mol. The molecule has 18 heavy (non-hydrogen) atoms. The van der Waals surface area contributed by atoms with E-state index >= 15 is 0 Å². The number of allylic oxidation sites excluding steroid dienone is 3. The Labute approximate surface area is 107 Å². The van der Waals surface area contributed by atoms with Crippen LogP contribution in [0.25, 0.3) is 0 Å². The molecule has 0 bridgehead atoms. The van der Waals surface area contributed by atoms with E-state index in [2.05, 4.69) is 12.7 Å². The Kier molecular flexibility index (Phi) is 3.78. The highest BCUT2D eigenvalue weighted by Gasteiger charge is 2.11. The number of hydrogen-bond acceptors (Lipinski definition) is 2. The van der Waals surface area contributed by atoms with Gasteiger partial charge >= 0.3 is 0 Å². The Morgan fingerprint density at radius 3 is 2.67 bits per heavy atom. The Hall–Kier alpha value is -2.09. The summed E-state index contributed by atoms with van der Waals surface area (Å²) in [7, 11) is 0. The molecule has 1 aromatic carbocycles. The van der Waals surface area contributed by atoms with Crippen LogP contribution in [-0.2, 0) is 0 Å². The molecule has 0 radical (unpaired) electrons. The Morgan fingerprint density at radius 1 is 1.28 bits per heavy atom. The summed E-state index contributed by atoms with van der Waals surface area (Å²) in [5.74, 6) is 0.808. The third-order valence-electron chi connectivity index (χ3n) is 2.84. The summed E-state index contributed by atoms with van der Waals surface area (Å²) in [6, 6.07) is 7.19. The number of hydrogen-bond donors (Lipinski definition) is 0. The van der Waals surface area contributed by atoms with Gasteiger partial charge in [0.1, 0.15) is 11.9 Å². The zero-order valence-corrected chi connectivity index (χ0v) is 10.4. The number of Topliss-reactive ketones (excluding diaryl/α,β-unsaturated/α-hetero) is 1. The van der Waals surface area contributed by atoms with E-state index in [0.717, 1.165) is 17.7 Å². The van der Waals surface area contributed by atoms with Gasteiger partial charge in [-0.3, -0.25) is 4.79 Å². The number of benzene rings is 1. The molecule has 1 unspecified atom stereocenters. The standard InChI is InChI=1S/C16H16O2/c1-12-6-4-3-5-7-16(12)18-15-10-8-14(9-11-15)13(2)17/h3-5,7-11,16H,1,6H2,2H3. The fraction of sp³-hybridized carbons (Fsp3) is 0.188. The molecule has 1 aromatic rings. The van der Waals surface area contributed by atoms with Crippen molar-refractivity contribution in [1.82, 2.24) is 0 Å². The van der Waals surface area contributed by atoms with Gasteiger partial charge in [0.05, 0.1) is 0 Å². The second-order valence-corrected chi connectivity index (χ2v) is 4.29. The molecule has 0 aliphatic heterocycles. The summed E-state index contributed by atoms with van der Waals surface area (Å²) in [6.45, 7) is 5.57. The molecule has 0 fully saturated rings. The summed E-state index contributed by atoms with van der Waals surface area (Å²) in [4.78, 5) is 11.2. The van der Waals surface area contributed by atoms with E-state index in [1.54, 1.807) is 19.1 Å². The zero-order chi connectivity index (χ0) is 13.0. The highest BCUT2D eigenvalue weighted by molar-refractivity contribution is 5.94. The molecule has 1 aliphatic rings. The van der Waals surface area contributed by atoms with Gasteiger partial charge in [-0.05, 0) is 49.3 Å². The smallest absolute Gasteiger partial charge is 0.159 e. The molecule has 0 N–H and O–H groups in total. The molecule has 0 spiro atoms. The number of rotatable bonds is 3. The number of ether oxygens (including phenoxy) is 1. The minimum absolute atomic E-state index is 0.0597. The van der Waals surface area contributed by atoms with Crippen molar-refractivity contribution in [3.8, 4) is 5.75 Å². The number of carbonyl (C=O) groups is 1. The molecule has 2 nitrogen and oxygen atoms in total. The Morgan fingerprint density at radius 2 is 2.00 bits per heavy atom. The fourth-order valence-electron chi connectivity index (χ4n) is 1.75. The first kappa shape index (κ1) is 12.4. The highest BCUT2D eigenvalue weighted by Crippen LogP contribution is 2.20. The van der Waals surface area contributed by atoms with Gasteiger partial charge in [-0.15, -0.1) is 0 Å². The van der Waals surface area contributed by atoms with Gasteiger partial charge in [0.2, 0.25) is 0 Å². The van der Waals surface area contributed by atoms with Crippen LogP contribution >= 0.6 is 0 Å². The summed E-state index contributed by atoms with van der Waals surface area (Å²) >= 11 is 0. The lowest BCUT2D eigenvalue weighted by Gasteiger charge is -2.16. The second-order valence-electron chi connectivity index (χ2n) is 4.29. The molecule has 92 valence electrons. The van der Waals surface area contributed by atoms with Gasteiger partial charge in [-0.25, -0.2) is 0 Å². The third kappa shape index (κ3) is 2.98. The third-order valence-corrected chi connectivity index (χ3v) is 2.84. The molecular weight excluding hydrogens is 224 g/mol. The topological polar surface area (TPSA) is 26.3 Å². The van der Waals surface area contributed by atoms with Crippen molar-refractivity contribution < 1.29 is 9.53 Å². The fourth-order valence-corrected chi connectivity index (χ4v) is 1.75. The second kappa shape index (κ2) is 5.50. The summed E-state index contributed by atoms with van der Waals surface area (Å²) in [5, 5.41) is 0. The predicted octanol–water partition coefficient (Wildman–Crippen LogP) is 3.71. The molecule has 0 amide bonds. The van der Waals surface area contributed by atoms with Gasteiger partial charge in [0.25, 0.3) is 0 Å². The van der Waals surface area contributed by atoms with E-state index in [9.17, 15) is 4.79 Å². The van der Waals surface area contributed by atoms with Crippen LogP contribution < -0.4 is 4.74 Å². The van der Waals surface area contributed by atoms with Crippen LogP contribution in [0.15, 0.2) is 60.7 Å². The monoisotopic (exact) mass is 240 g/mol. The first-order chi connectivity index (χ1) is 8.66. The molecule has 0 heterocycles. The summed E-state index contributed by atoms with van der Waals surface area (Å²) in [6.07, 6.45) is 8.71. The molecule has 1 atom stereocenters. The average molecular weight is 240 g/mol. The van der Waals surface area contributed by atoms with E-state index in [1.165, 1.54) is 0 Å². The van der Waals surface area contributed by atoms with Crippen molar-refractivity contribution in [1.29, 1.82) is 0 Å². The maximum atomic E-state index is 11.2. The summed E-state index contributed by atoms with van der Waals surface area (Å²) < 4.78 is 5.84. The van der Waals surface area contributed by atoms with Crippen molar-refractivity contribution in [2.24, 2.45) is 0 Å². The SMILES string of the molecule is C=C1CC=CC=CC1Oc1ccc(C(C)=O)cc1. The quantitative estimate of drug-likeness (QED) is 0.594. The minimum Gasteiger partial charge on any atom is -0.482 e. The average Bonchev–Trinajstić information content (AvgIpc) is 2.56. The lowest BCUT2D eigenvalue weighted by Crippen LogP contribution is -2.15. The van der Waals surface area contributed by atoms with Gasteiger partial charge in [-0.2, -0.15) is 0 Å². The minimum atomic E-state index is -0.108. The van der Waals surface area contributed by atoms with Crippen LogP contribution in [0, 0.1) is 0 Å². The van der Waals surface area contributed by atoms with E-state index in [0.29, 0.717) is 5.56 Å². The van der Waals surface area contributed by atoms with Crippen molar-refractivity contribution in [3.63, 3.8) is 0 Å². The number of ketones is 1. The maximum Gasteiger partial charge on any atom is 0.159 e. The van der Waals surface area contributed by atoms with Gasteiger partial charge in [0, 0.05) is 5.56 Å². The highest BCUT2D eigenvalue weighted by atomic mass is 16.5. The van der Waals surface area contributed by atoms with Crippen molar-refractivity contribution >= 4 is 5.78 Å². The van der Waals surface area contributed by atoms with Crippen molar-refractivity contribution in [2.45, 2.75) is 19.4 Å².